The zero-order valence-electron chi connectivity index (χ0n) is 10.3. The summed E-state index contributed by atoms with van der Waals surface area (Å²) in [5, 5.41) is 9.36. The second kappa shape index (κ2) is 6.01. The van der Waals surface area contributed by atoms with Crippen LogP contribution < -0.4 is 0 Å². The SMILES string of the molecule is O=C(O)C(Cc1ccc(F)cc1)c1c(F)cccc1Cl. The molecule has 0 saturated heterocycles. The van der Waals surface area contributed by atoms with Crippen LogP contribution in [0.3, 0.4) is 0 Å². The van der Waals surface area contributed by atoms with E-state index in [1.165, 1.54) is 42.5 Å². The Morgan fingerprint density at radius 3 is 2.35 bits per heavy atom. The van der Waals surface area contributed by atoms with Gasteiger partial charge in [0.05, 0.1) is 5.92 Å². The predicted octanol–water partition coefficient (Wildman–Crippen LogP) is 4.03. The van der Waals surface area contributed by atoms with Gasteiger partial charge in [0.2, 0.25) is 0 Å². The zero-order chi connectivity index (χ0) is 14.7. The Labute approximate surface area is 119 Å². The predicted molar refractivity (Wildman–Crippen MR) is 71.9 cm³/mol. The highest BCUT2D eigenvalue weighted by atomic mass is 35.5. The molecule has 2 nitrogen and oxygen atoms in total. The van der Waals surface area contributed by atoms with Crippen LogP contribution in [0.5, 0.6) is 0 Å². The smallest absolute Gasteiger partial charge is 0.311 e. The molecule has 2 aromatic rings. The number of aliphatic carboxylic acids is 1. The molecule has 0 aliphatic carbocycles. The maximum atomic E-state index is 13.8. The minimum atomic E-state index is -1.18. The number of carboxylic acids is 1. The van der Waals surface area contributed by atoms with Gasteiger partial charge in [-0.3, -0.25) is 4.79 Å². The number of benzene rings is 2. The van der Waals surface area contributed by atoms with Crippen LogP contribution in [-0.2, 0) is 11.2 Å². The fourth-order valence-electron chi connectivity index (χ4n) is 2.01. The molecule has 0 aromatic heterocycles. The lowest BCUT2D eigenvalue weighted by molar-refractivity contribution is -0.138. The van der Waals surface area contributed by atoms with Gasteiger partial charge >= 0.3 is 5.97 Å². The minimum absolute atomic E-state index is 0.0380. The standard InChI is InChI=1S/C15H11ClF2O2/c16-12-2-1-3-13(18)14(12)11(15(19)20)8-9-4-6-10(17)7-5-9/h1-7,11H,8H2,(H,19,20). The normalized spacial score (nSPS) is 12.2. The molecule has 1 N–H and O–H groups in total. The van der Waals surface area contributed by atoms with E-state index in [0.717, 1.165) is 0 Å². The van der Waals surface area contributed by atoms with Crippen LogP contribution in [0, 0.1) is 11.6 Å². The van der Waals surface area contributed by atoms with E-state index in [4.69, 9.17) is 11.6 Å². The molecule has 20 heavy (non-hydrogen) atoms. The number of hydrogen-bond acceptors (Lipinski definition) is 1. The lowest BCUT2D eigenvalue weighted by atomic mass is 9.91. The number of hydrogen-bond donors (Lipinski definition) is 1. The van der Waals surface area contributed by atoms with Crippen LogP contribution in [0.2, 0.25) is 5.02 Å². The van der Waals surface area contributed by atoms with E-state index in [1.54, 1.807) is 0 Å². The summed E-state index contributed by atoms with van der Waals surface area (Å²) in [6.07, 6.45) is 0.0380. The summed E-state index contributed by atoms with van der Waals surface area (Å²) in [5.41, 5.74) is 0.545. The molecule has 0 bridgehead atoms. The number of carboxylic acid groups (broad SMARTS) is 1. The average Bonchev–Trinajstić information content (AvgIpc) is 2.39. The van der Waals surface area contributed by atoms with E-state index < -0.39 is 23.5 Å². The van der Waals surface area contributed by atoms with Crippen molar-refractivity contribution in [2.45, 2.75) is 12.3 Å². The van der Waals surface area contributed by atoms with Crippen LogP contribution in [0.1, 0.15) is 17.0 Å². The molecule has 0 heterocycles. The Hall–Kier alpha value is -1.94. The molecule has 0 amide bonds. The monoisotopic (exact) mass is 296 g/mol. The molecule has 2 rings (SSSR count). The first kappa shape index (κ1) is 14.5. The third kappa shape index (κ3) is 3.14. The van der Waals surface area contributed by atoms with Crippen LogP contribution in [-0.4, -0.2) is 11.1 Å². The van der Waals surface area contributed by atoms with Crippen molar-refractivity contribution in [1.29, 1.82) is 0 Å². The van der Waals surface area contributed by atoms with Crippen LogP contribution in [0.25, 0.3) is 0 Å². The zero-order valence-corrected chi connectivity index (χ0v) is 11.1. The van der Waals surface area contributed by atoms with Crippen molar-refractivity contribution in [3.05, 3.63) is 70.2 Å². The molecular formula is C15H11ClF2O2. The van der Waals surface area contributed by atoms with E-state index in [0.29, 0.717) is 5.56 Å². The molecule has 0 aliphatic rings. The molecule has 104 valence electrons. The molecular weight excluding hydrogens is 286 g/mol. The third-order valence-electron chi connectivity index (χ3n) is 3.00. The van der Waals surface area contributed by atoms with Gasteiger partial charge in [0.25, 0.3) is 0 Å². The van der Waals surface area contributed by atoms with Gasteiger partial charge in [-0.25, -0.2) is 8.78 Å². The Morgan fingerprint density at radius 1 is 1.15 bits per heavy atom. The van der Waals surface area contributed by atoms with Gasteiger partial charge in [0.15, 0.2) is 0 Å². The summed E-state index contributed by atoms with van der Waals surface area (Å²) in [6.45, 7) is 0. The number of halogens is 3. The summed E-state index contributed by atoms with van der Waals surface area (Å²) in [5.74, 6) is -3.37. The maximum Gasteiger partial charge on any atom is 0.311 e. The van der Waals surface area contributed by atoms with Crippen LogP contribution >= 0.6 is 11.6 Å². The summed E-state index contributed by atoms with van der Waals surface area (Å²) in [6, 6.07) is 9.44. The van der Waals surface area contributed by atoms with Crippen molar-refractivity contribution in [2.24, 2.45) is 0 Å². The summed E-state index contributed by atoms with van der Waals surface area (Å²) < 4.78 is 26.7. The lowest BCUT2D eigenvalue weighted by Crippen LogP contribution is -2.16. The Balaban J connectivity index is 2.37. The third-order valence-corrected chi connectivity index (χ3v) is 3.33. The second-order valence-electron chi connectivity index (χ2n) is 4.36. The highest BCUT2D eigenvalue weighted by molar-refractivity contribution is 6.31. The Kier molecular flexibility index (Phi) is 4.35. The highest BCUT2D eigenvalue weighted by Gasteiger charge is 2.26. The average molecular weight is 297 g/mol. The van der Waals surface area contributed by atoms with Gasteiger partial charge in [-0.15, -0.1) is 0 Å². The van der Waals surface area contributed by atoms with Crippen molar-refractivity contribution >= 4 is 17.6 Å². The largest absolute Gasteiger partial charge is 0.481 e. The van der Waals surface area contributed by atoms with Gasteiger partial charge in [-0.05, 0) is 36.2 Å². The van der Waals surface area contributed by atoms with E-state index >= 15 is 0 Å². The number of rotatable bonds is 4. The van der Waals surface area contributed by atoms with Crippen molar-refractivity contribution < 1.29 is 18.7 Å². The van der Waals surface area contributed by atoms with Crippen molar-refractivity contribution in [3.8, 4) is 0 Å². The molecule has 1 unspecified atom stereocenters. The van der Waals surface area contributed by atoms with Gasteiger partial charge in [0, 0.05) is 10.6 Å². The second-order valence-corrected chi connectivity index (χ2v) is 4.76. The molecule has 2 aromatic carbocycles. The quantitative estimate of drug-likeness (QED) is 0.925. The van der Waals surface area contributed by atoms with E-state index in [1.807, 2.05) is 0 Å². The van der Waals surface area contributed by atoms with Crippen molar-refractivity contribution in [3.63, 3.8) is 0 Å². The van der Waals surface area contributed by atoms with Gasteiger partial charge in [-0.1, -0.05) is 29.8 Å². The summed E-state index contributed by atoms with van der Waals surface area (Å²) >= 11 is 5.90. The molecule has 0 spiro atoms. The van der Waals surface area contributed by atoms with Crippen molar-refractivity contribution in [1.82, 2.24) is 0 Å². The molecule has 0 fully saturated rings. The minimum Gasteiger partial charge on any atom is -0.481 e. The van der Waals surface area contributed by atoms with E-state index in [2.05, 4.69) is 0 Å². The summed E-state index contributed by atoms with van der Waals surface area (Å²) in [4.78, 5) is 11.4. The fraction of sp³-hybridized carbons (Fsp3) is 0.133. The highest BCUT2D eigenvalue weighted by Crippen LogP contribution is 2.30. The summed E-state index contributed by atoms with van der Waals surface area (Å²) in [7, 11) is 0. The maximum absolute atomic E-state index is 13.8. The molecule has 1 atom stereocenters. The molecule has 0 radical (unpaired) electrons. The topological polar surface area (TPSA) is 37.3 Å². The fourth-order valence-corrected chi connectivity index (χ4v) is 2.31. The molecule has 5 heteroatoms. The van der Waals surface area contributed by atoms with Crippen LogP contribution in [0.4, 0.5) is 8.78 Å². The van der Waals surface area contributed by atoms with Gasteiger partial charge in [-0.2, -0.15) is 0 Å². The van der Waals surface area contributed by atoms with Crippen LogP contribution in [0.15, 0.2) is 42.5 Å². The first-order valence-electron chi connectivity index (χ1n) is 5.90. The molecule has 0 aliphatic heterocycles. The van der Waals surface area contributed by atoms with Gasteiger partial charge in [0.1, 0.15) is 11.6 Å². The first-order chi connectivity index (χ1) is 9.49. The van der Waals surface area contributed by atoms with Crippen molar-refractivity contribution in [2.75, 3.05) is 0 Å². The first-order valence-corrected chi connectivity index (χ1v) is 6.28. The Bertz CT molecular complexity index is 606. The van der Waals surface area contributed by atoms with E-state index in [-0.39, 0.29) is 17.0 Å². The van der Waals surface area contributed by atoms with Gasteiger partial charge < -0.3 is 5.11 Å². The molecule has 0 saturated carbocycles. The lowest BCUT2D eigenvalue weighted by Gasteiger charge is -2.15. The number of carbonyl (C=O) groups is 1. The Morgan fingerprint density at radius 2 is 1.80 bits per heavy atom. The van der Waals surface area contributed by atoms with E-state index in [9.17, 15) is 18.7 Å².